The summed E-state index contributed by atoms with van der Waals surface area (Å²) in [5.74, 6) is 0.780. The van der Waals surface area contributed by atoms with Crippen LogP contribution in [0.1, 0.15) is 29.1 Å². The number of hydrogen-bond acceptors (Lipinski definition) is 4. The van der Waals surface area contributed by atoms with Gasteiger partial charge in [-0.25, -0.2) is 4.98 Å². The van der Waals surface area contributed by atoms with Gasteiger partial charge in [0.15, 0.2) is 0 Å². The van der Waals surface area contributed by atoms with Crippen LogP contribution in [0.25, 0.3) is 0 Å². The summed E-state index contributed by atoms with van der Waals surface area (Å²) >= 11 is 6.14. The van der Waals surface area contributed by atoms with Crippen molar-refractivity contribution >= 4 is 11.6 Å². The highest BCUT2D eigenvalue weighted by atomic mass is 35.5. The van der Waals surface area contributed by atoms with Gasteiger partial charge in [0.25, 0.3) is 0 Å². The number of hydrogen-bond donors (Lipinski definition) is 3. The van der Waals surface area contributed by atoms with E-state index in [0.717, 1.165) is 11.4 Å². The van der Waals surface area contributed by atoms with Gasteiger partial charge in [0, 0.05) is 41.9 Å². The Balaban J connectivity index is 1.76. The van der Waals surface area contributed by atoms with Gasteiger partial charge in [-0.3, -0.25) is 4.98 Å². The molecule has 23 heavy (non-hydrogen) atoms. The molecule has 3 N–H and O–H groups in total. The predicted octanol–water partition coefficient (Wildman–Crippen LogP) is 2.87. The maximum Gasteiger partial charge on any atom is 0.127 e. The Bertz CT molecular complexity index is 733. The van der Waals surface area contributed by atoms with Gasteiger partial charge < -0.3 is 15.4 Å². The van der Waals surface area contributed by atoms with Crippen molar-refractivity contribution < 1.29 is 5.11 Å². The monoisotopic (exact) mass is 328 g/mol. The highest BCUT2D eigenvalue weighted by Gasteiger charge is 2.19. The number of aliphatic hydroxyl groups excluding tert-OH is 1. The number of rotatable bonds is 6. The molecule has 118 valence electrons. The summed E-state index contributed by atoms with van der Waals surface area (Å²) in [6, 6.07) is 11.0. The fourth-order valence-electron chi connectivity index (χ4n) is 2.45. The maximum absolute atomic E-state index is 10.4. The molecular formula is C17H17ClN4O. The Morgan fingerprint density at radius 1 is 1.13 bits per heavy atom. The fraction of sp³-hybridized carbons (Fsp3) is 0.176. The minimum absolute atomic E-state index is 0.162. The zero-order valence-electron chi connectivity index (χ0n) is 12.4. The van der Waals surface area contributed by atoms with Crippen molar-refractivity contribution in [3.05, 3.63) is 83.2 Å². The lowest BCUT2D eigenvalue weighted by Gasteiger charge is -2.20. The number of aromatic nitrogens is 3. The van der Waals surface area contributed by atoms with Gasteiger partial charge in [0.05, 0.1) is 12.1 Å². The second kappa shape index (κ2) is 7.37. The molecule has 0 radical (unpaired) electrons. The molecule has 0 unspecified atom stereocenters. The van der Waals surface area contributed by atoms with Crippen LogP contribution >= 0.6 is 11.6 Å². The third-order valence-corrected chi connectivity index (χ3v) is 3.96. The van der Waals surface area contributed by atoms with Crippen LogP contribution < -0.4 is 5.32 Å². The van der Waals surface area contributed by atoms with Crippen LogP contribution in [0.5, 0.6) is 0 Å². The van der Waals surface area contributed by atoms with Crippen molar-refractivity contribution in [1.29, 1.82) is 0 Å². The molecule has 2 aromatic heterocycles. The largest absolute Gasteiger partial charge is 0.387 e. The van der Waals surface area contributed by atoms with Gasteiger partial charge in [-0.1, -0.05) is 29.8 Å². The van der Waals surface area contributed by atoms with Crippen LogP contribution in [0, 0.1) is 0 Å². The summed E-state index contributed by atoms with van der Waals surface area (Å²) in [6.07, 6.45) is 6.24. The van der Waals surface area contributed by atoms with E-state index >= 15 is 0 Å². The number of nitrogens with one attached hydrogen (secondary N) is 2. The second-order valence-electron chi connectivity index (χ2n) is 5.13. The zero-order chi connectivity index (χ0) is 16.1. The van der Waals surface area contributed by atoms with Crippen LogP contribution in [-0.4, -0.2) is 26.6 Å². The van der Waals surface area contributed by atoms with E-state index < -0.39 is 6.10 Å². The molecule has 0 saturated heterocycles. The standard InChI is InChI=1S/C17H17ClN4O/c18-14-4-2-1-3-13(14)15(23)11-22-16(17-20-9-10-21-17)12-5-7-19-8-6-12/h1-10,15-16,22-23H,11H2,(H,20,21)/t15-,16+/m1/s1. The van der Waals surface area contributed by atoms with Crippen molar-refractivity contribution in [3.63, 3.8) is 0 Å². The summed E-state index contributed by atoms with van der Waals surface area (Å²) in [5.41, 5.74) is 1.72. The Kier molecular flexibility index (Phi) is 5.02. The molecule has 0 spiro atoms. The first-order valence-corrected chi connectivity index (χ1v) is 7.68. The minimum atomic E-state index is -0.706. The molecule has 6 heteroatoms. The topological polar surface area (TPSA) is 73.8 Å². The molecule has 0 bridgehead atoms. The molecule has 1 aromatic carbocycles. The van der Waals surface area contributed by atoms with E-state index in [0.29, 0.717) is 17.1 Å². The molecule has 0 aliphatic heterocycles. The van der Waals surface area contributed by atoms with E-state index in [-0.39, 0.29) is 6.04 Å². The van der Waals surface area contributed by atoms with Gasteiger partial charge in [-0.2, -0.15) is 0 Å². The number of nitrogens with zero attached hydrogens (tertiary/aromatic N) is 2. The summed E-state index contributed by atoms with van der Waals surface area (Å²) in [4.78, 5) is 11.5. The maximum atomic E-state index is 10.4. The van der Waals surface area contributed by atoms with E-state index in [2.05, 4.69) is 20.3 Å². The predicted molar refractivity (Wildman–Crippen MR) is 89.1 cm³/mol. The number of H-pyrrole nitrogens is 1. The molecule has 0 fully saturated rings. The lowest BCUT2D eigenvalue weighted by Crippen LogP contribution is -2.28. The lowest BCUT2D eigenvalue weighted by molar-refractivity contribution is 0.171. The highest BCUT2D eigenvalue weighted by molar-refractivity contribution is 6.31. The van der Waals surface area contributed by atoms with Crippen LogP contribution in [0.15, 0.2) is 61.2 Å². The average Bonchev–Trinajstić information content (AvgIpc) is 3.10. The first kappa shape index (κ1) is 15.7. The number of halogens is 1. The average molecular weight is 329 g/mol. The first-order chi connectivity index (χ1) is 11.3. The Labute approximate surface area is 139 Å². The van der Waals surface area contributed by atoms with E-state index in [1.807, 2.05) is 30.3 Å². The van der Waals surface area contributed by atoms with Crippen LogP contribution in [0.3, 0.4) is 0 Å². The molecular weight excluding hydrogens is 312 g/mol. The summed E-state index contributed by atoms with van der Waals surface area (Å²) < 4.78 is 0. The van der Waals surface area contributed by atoms with E-state index in [9.17, 15) is 5.11 Å². The van der Waals surface area contributed by atoms with Gasteiger partial charge in [0.2, 0.25) is 0 Å². The fourth-order valence-corrected chi connectivity index (χ4v) is 2.71. The summed E-state index contributed by atoms with van der Waals surface area (Å²) in [5, 5.41) is 14.3. The van der Waals surface area contributed by atoms with E-state index in [4.69, 9.17) is 11.6 Å². The van der Waals surface area contributed by atoms with Crippen molar-refractivity contribution in [2.24, 2.45) is 0 Å². The molecule has 0 saturated carbocycles. The smallest absolute Gasteiger partial charge is 0.127 e. The zero-order valence-corrected chi connectivity index (χ0v) is 13.1. The van der Waals surface area contributed by atoms with Gasteiger partial charge in [0.1, 0.15) is 5.82 Å². The van der Waals surface area contributed by atoms with Crippen molar-refractivity contribution in [2.45, 2.75) is 12.1 Å². The SMILES string of the molecule is O[C@H](CN[C@@H](c1ccncc1)c1ncc[nH]1)c1ccccc1Cl. The third kappa shape index (κ3) is 3.76. The van der Waals surface area contributed by atoms with Crippen molar-refractivity contribution in [1.82, 2.24) is 20.3 Å². The normalized spacial score (nSPS) is 13.7. The number of aromatic amines is 1. The molecule has 0 amide bonds. The number of imidazole rings is 1. The van der Waals surface area contributed by atoms with E-state index in [1.54, 1.807) is 30.9 Å². The molecule has 3 rings (SSSR count). The Morgan fingerprint density at radius 3 is 2.61 bits per heavy atom. The van der Waals surface area contributed by atoms with Crippen LogP contribution in [0.2, 0.25) is 5.02 Å². The molecule has 3 aromatic rings. The molecule has 0 aliphatic rings. The van der Waals surface area contributed by atoms with Crippen LogP contribution in [0.4, 0.5) is 0 Å². The lowest BCUT2D eigenvalue weighted by atomic mass is 10.1. The second-order valence-corrected chi connectivity index (χ2v) is 5.54. The highest BCUT2D eigenvalue weighted by Crippen LogP contribution is 2.24. The Hall–Kier alpha value is -2.21. The van der Waals surface area contributed by atoms with Crippen molar-refractivity contribution in [2.75, 3.05) is 6.54 Å². The Morgan fingerprint density at radius 2 is 1.91 bits per heavy atom. The number of benzene rings is 1. The molecule has 0 aliphatic carbocycles. The molecule has 2 heterocycles. The minimum Gasteiger partial charge on any atom is -0.387 e. The summed E-state index contributed by atoms with van der Waals surface area (Å²) in [7, 11) is 0. The molecule has 2 atom stereocenters. The quantitative estimate of drug-likeness (QED) is 0.650. The van der Waals surface area contributed by atoms with Crippen LogP contribution in [-0.2, 0) is 0 Å². The third-order valence-electron chi connectivity index (χ3n) is 3.61. The summed E-state index contributed by atoms with van der Waals surface area (Å²) in [6.45, 7) is 0.345. The number of aliphatic hydroxyl groups is 1. The van der Waals surface area contributed by atoms with Gasteiger partial charge >= 0.3 is 0 Å². The van der Waals surface area contributed by atoms with E-state index in [1.165, 1.54) is 0 Å². The molecule has 5 nitrogen and oxygen atoms in total. The number of pyridine rings is 1. The van der Waals surface area contributed by atoms with Crippen molar-refractivity contribution in [3.8, 4) is 0 Å². The van der Waals surface area contributed by atoms with Gasteiger partial charge in [-0.05, 0) is 23.8 Å². The first-order valence-electron chi connectivity index (χ1n) is 7.31. The van der Waals surface area contributed by atoms with Gasteiger partial charge in [-0.15, -0.1) is 0 Å².